The third kappa shape index (κ3) is 3.90. The molecule has 0 fully saturated rings. The number of nitrogens with zero attached hydrogens (tertiary/aromatic N) is 1. The minimum Gasteiger partial charge on any atom is -0.462 e. The highest BCUT2D eigenvalue weighted by atomic mass is 32.2. The molecule has 0 atom stereocenters. The molecule has 0 aliphatic heterocycles. The van der Waals surface area contributed by atoms with Gasteiger partial charge in [-0.15, -0.1) is 0 Å². The first-order chi connectivity index (χ1) is 12.9. The van der Waals surface area contributed by atoms with Crippen molar-refractivity contribution in [3.63, 3.8) is 0 Å². The number of thioether (sulfide) groups is 1. The molecular weight excluding hydrogens is 360 g/mol. The Morgan fingerprint density at radius 1 is 1.19 bits per heavy atom. The van der Waals surface area contributed by atoms with E-state index in [1.165, 1.54) is 11.8 Å². The third-order valence-electron chi connectivity index (χ3n) is 4.45. The molecule has 1 N–H and O–H groups in total. The lowest BCUT2D eigenvalue weighted by atomic mass is 10.1. The van der Waals surface area contributed by atoms with Gasteiger partial charge in [0, 0.05) is 11.1 Å². The molecule has 140 valence electrons. The summed E-state index contributed by atoms with van der Waals surface area (Å²) in [4.78, 5) is 32.5. The van der Waals surface area contributed by atoms with Gasteiger partial charge in [0.25, 0.3) is 0 Å². The van der Waals surface area contributed by atoms with Crippen LogP contribution in [0.25, 0.3) is 10.9 Å². The van der Waals surface area contributed by atoms with E-state index < -0.39 is 5.97 Å². The minimum absolute atomic E-state index is 0.0660. The van der Waals surface area contributed by atoms with Crippen LogP contribution in [0.4, 0.5) is 0 Å². The Bertz CT molecular complexity index is 1020. The molecule has 0 saturated heterocycles. The molecule has 0 radical (unpaired) electrons. The molecule has 0 amide bonds. The summed E-state index contributed by atoms with van der Waals surface area (Å²) in [7, 11) is 0. The van der Waals surface area contributed by atoms with Gasteiger partial charge in [0.15, 0.2) is 5.78 Å². The number of aromatic nitrogens is 2. The fraction of sp³-hybridized carbons (Fsp3) is 0.286. The molecule has 0 bridgehead atoms. The summed E-state index contributed by atoms with van der Waals surface area (Å²) in [6.45, 7) is 7.65. The van der Waals surface area contributed by atoms with Gasteiger partial charge in [0.2, 0.25) is 0 Å². The highest BCUT2D eigenvalue weighted by molar-refractivity contribution is 7.99. The highest BCUT2D eigenvalue weighted by Crippen LogP contribution is 2.26. The lowest BCUT2D eigenvalue weighted by Gasteiger charge is -2.06. The van der Waals surface area contributed by atoms with Crippen molar-refractivity contribution >= 4 is 34.4 Å². The number of nitrogens with one attached hydrogen (secondary N) is 1. The number of H-pyrrole nitrogens is 1. The lowest BCUT2D eigenvalue weighted by molar-refractivity contribution is 0.0525. The number of hydrogen-bond acceptors (Lipinski definition) is 5. The lowest BCUT2D eigenvalue weighted by Crippen LogP contribution is -2.08. The Morgan fingerprint density at radius 3 is 2.67 bits per heavy atom. The molecule has 0 aliphatic carbocycles. The number of benzene rings is 1. The van der Waals surface area contributed by atoms with Gasteiger partial charge in [0.05, 0.1) is 34.2 Å². The molecular formula is C21H22N2O3S. The van der Waals surface area contributed by atoms with Gasteiger partial charge in [-0.05, 0) is 51.0 Å². The number of fused-ring (bicyclic) bond motifs is 1. The van der Waals surface area contributed by atoms with E-state index in [1.807, 2.05) is 37.3 Å². The Balaban J connectivity index is 1.79. The summed E-state index contributed by atoms with van der Waals surface area (Å²) < 4.78 is 5.08. The van der Waals surface area contributed by atoms with Crippen LogP contribution in [0.1, 0.15) is 44.6 Å². The van der Waals surface area contributed by atoms with Crippen LogP contribution in [-0.4, -0.2) is 34.1 Å². The van der Waals surface area contributed by atoms with Crippen molar-refractivity contribution in [2.24, 2.45) is 0 Å². The van der Waals surface area contributed by atoms with Gasteiger partial charge in [-0.25, -0.2) is 9.78 Å². The van der Waals surface area contributed by atoms with E-state index in [2.05, 4.69) is 9.97 Å². The quantitative estimate of drug-likeness (QED) is 0.382. The maximum Gasteiger partial charge on any atom is 0.340 e. The zero-order valence-electron chi connectivity index (χ0n) is 15.9. The standard InChI is InChI=1S/C21H22N2O3S/c1-5-26-21(25)19-13(3)20(22-14(19)4)17(24)11-27-18-10-12(2)15-8-6-7-9-16(15)23-18/h6-10,22H,5,11H2,1-4H3. The van der Waals surface area contributed by atoms with Crippen LogP contribution < -0.4 is 0 Å². The number of rotatable bonds is 6. The number of carbonyl (C=O) groups is 2. The van der Waals surface area contributed by atoms with Gasteiger partial charge in [-0.2, -0.15) is 0 Å². The van der Waals surface area contributed by atoms with E-state index in [0.717, 1.165) is 21.5 Å². The van der Waals surface area contributed by atoms with Crippen molar-refractivity contribution in [1.29, 1.82) is 0 Å². The average Bonchev–Trinajstić information content (AvgIpc) is 2.94. The van der Waals surface area contributed by atoms with E-state index in [9.17, 15) is 9.59 Å². The van der Waals surface area contributed by atoms with Crippen LogP contribution in [-0.2, 0) is 4.74 Å². The maximum atomic E-state index is 12.7. The van der Waals surface area contributed by atoms with Crippen LogP contribution in [0.3, 0.4) is 0 Å². The average molecular weight is 382 g/mol. The fourth-order valence-corrected chi connectivity index (χ4v) is 3.99. The minimum atomic E-state index is -0.401. The van der Waals surface area contributed by atoms with E-state index in [1.54, 1.807) is 20.8 Å². The van der Waals surface area contributed by atoms with E-state index >= 15 is 0 Å². The summed E-state index contributed by atoms with van der Waals surface area (Å²) >= 11 is 1.40. The highest BCUT2D eigenvalue weighted by Gasteiger charge is 2.22. The summed E-state index contributed by atoms with van der Waals surface area (Å²) in [5.41, 5.74) is 4.25. The Kier molecular flexibility index (Phi) is 5.65. The largest absolute Gasteiger partial charge is 0.462 e. The third-order valence-corrected chi connectivity index (χ3v) is 5.36. The van der Waals surface area contributed by atoms with Crippen LogP contribution in [0, 0.1) is 20.8 Å². The zero-order chi connectivity index (χ0) is 19.6. The number of carbonyl (C=O) groups excluding carboxylic acids is 2. The summed E-state index contributed by atoms with van der Waals surface area (Å²) in [5.74, 6) is -0.223. The molecule has 3 rings (SSSR count). The monoisotopic (exact) mass is 382 g/mol. The topological polar surface area (TPSA) is 72.1 Å². The number of hydrogen-bond donors (Lipinski definition) is 1. The Morgan fingerprint density at radius 2 is 1.93 bits per heavy atom. The smallest absolute Gasteiger partial charge is 0.340 e. The van der Waals surface area contributed by atoms with Crippen molar-refractivity contribution in [3.8, 4) is 0 Å². The van der Waals surface area contributed by atoms with E-state index in [4.69, 9.17) is 4.74 Å². The van der Waals surface area contributed by atoms with Gasteiger partial charge in [-0.3, -0.25) is 4.79 Å². The Hall–Kier alpha value is -2.60. The number of esters is 1. The zero-order valence-corrected chi connectivity index (χ0v) is 16.7. The predicted molar refractivity (Wildman–Crippen MR) is 108 cm³/mol. The SMILES string of the molecule is CCOC(=O)c1c(C)[nH]c(C(=O)CSc2cc(C)c3ccccc3n2)c1C. The van der Waals surface area contributed by atoms with Crippen LogP contribution in [0.15, 0.2) is 35.4 Å². The van der Waals surface area contributed by atoms with E-state index in [-0.39, 0.29) is 11.5 Å². The first kappa shape index (κ1) is 19.2. The summed E-state index contributed by atoms with van der Waals surface area (Å²) in [6, 6.07) is 9.95. The van der Waals surface area contributed by atoms with Gasteiger partial charge >= 0.3 is 5.97 Å². The van der Waals surface area contributed by atoms with Crippen LogP contribution in [0.2, 0.25) is 0 Å². The first-order valence-corrected chi connectivity index (χ1v) is 9.79. The maximum absolute atomic E-state index is 12.7. The number of aromatic amines is 1. The molecule has 0 unspecified atom stereocenters. The first-order valence-electron chi connectivity index (χ1n) is 8.81. The number of aryl methyl sites for hydroxylation is 2. The molecule has 2 heterocycles. The van der Waals surface area contributed by atoms with Crippen molar-refractivity contribution in [1.82, 2.24) is 9.97 Å². The molecule has 0 spiro atoms. The number of ether oxygens (including phenoxy) is 1. The molecule has 6 heteroatoms. The van der Waals surface area contributed by atoms with Crippen molar-refractivity contribution in [3.05, 3.63) is 58.4 Å². The molecule has 5 nitrogen and oxygen atoms in total. The number of Topliss-reactive ketones (excluding diaryl/α,β-unsaturated/α-hetero) is 1. The molecule has 0 saturated carbocycles. The number of para-hydroxylation sites is 1. The fourth-order valence-electron chi connectivity index (χ4n) is 3.14. The van der Waals surface area contributed by atoms with Crippen LogP contribution in [0.5, 0.6) is 0 Å². The van der Waals surface area contributed by atoms with E-state index in [0.29, 0.717) is 29.1 Å². The van der Waals surface area contributed by atoms with Gasteiger partial charge in [0.1, 0.15) is 0 Å². The molecule has 1 aromatic carbocycles. The second-order valence-corrected chi connectivity index (χ2v) is 7.35. The summed E-state index contributed by atoms with van der Waals surface area (Å²) in [6.07, 6.45) is 0. The molecule has 3 aromatic rings. The van der Waals surface area contributed by atoms with Crippen molar-refractivity contribution < 1.29 is 14.3 Å². The van der Waals surface area contributed by atoms with Crippen molar-refractivity contribution in [2.45, 2.75) is 32.7 Å². The van der Waals surface area contributed by atoms with Gasteiger partial charge < -0.3 is 9.72 Å². The van der Waals surface area contributed by atoms with Crippen LogP contribution >= 0.6 is 11.8 Å². The predicted octanol–water partition coefficient (Wildman–Crippen LogP) is 4.64. The number of ketones is 1. The second kappa shape index (κ2) is 7.96. The van der Waals surface area contributed by atoms with Crippen molar-refractivity contribution in [2.75, 3.05) is 12.4 Å². The normalized spacial score (nSPS) is 11.0. The molecule has 2 aromatic heterocycles. The summed E-state index contributed by atoms with van der Waals surface area (Å²) in [5, 5.41) is 1.93. The Labute approximate surface area is 162 Å². The molecule has 0 aliphatic rings. The molecule has 27 heavy (non-hydrogen) atoms. The number of pyridine rings is 1. The second-order valence-electron chi connectivity index (χ2n) is 6.35. The van der Waals surface area contributed by atoms with Gasteiger partial charge in [-0.1, -0.05) is 30.0 Å².